The van der Waals surface area contributed by atoms with Gasteiger partial charge in [-0.1, -0.05) is 45.4 Å². The van der Waals surface area contributed by atoms with Gasteiger partial charge in [0.2, 0.25) is 0 Å². The average molecular weight is 249 g/mol. The zero-order valence-electron chi connectivity index (χ0n) is 11.9. The molecule has 2 N–H and O–H groups in total. The van der Waals surface area contributed by atoms with Crippen molar-refractivity contribution in [1.29, 1.82) is 0 Å². The first-order valence-electron chi connectivity index (χ1n) is 7.23. The van der Waals surface area contributed by atoms with E-state index in [1.165, 1.54) is 38.5 Å². The van der Waals surface area contributed by atoms with Crippen LogP contribution < -0.4 is 10.5 Å². The molecule has 0 spiro atoms. The lowest BCUT2D eigenvalue weighted by atomic mass is 10.1. The Labute approximate surface area is 112 Å². The topological polar surface area (TPSA) is 35.2 Å². The van der Waals surface area contributed by atoms with Gasteiger partial charge in [-0.25, -0.2) is 0 Å². The molecule has 18 heavy (non-hydrogen) atoms. The zero-order chi connectivity index (χ0) is 13.2. The van der Waals surface area contributed by atoms with Crippen LogP contribution in [0.5, 0.6) is 5.75 Å². The number of nitrogens with two attached hydrogens (primary N) is 1. The number of nitrogen functional groups attached to an aromatic ring is 1. The van der Waals surface area contributed by atoms with Crippen molar-refractivity contribution in [3.8, 4) is 5.75 Å². The predicted octanol–water partition coefficient (Wildman–Crippen LogP) is 4.71. The zero-order valence-corrected chi connectivity index (χ0v) is 11.9. The van der Waals surface area contributed by atoms with Crippen LogP contribution in [-0.2, 0) is 0 Å². The molecule has 0 atom stereocenters. The lowest BCUT2D eigenvalue weighted by molar-refractivity contribution is 0.302. The monoisotopic (exact) mass is 249 g/mol. The van der Waals surface area contributed by atoms with Crippen molar-refractivity contribution in [3.63, 3.8) is 0 Å². The SMILES string of the molecule is CCCCCCCCCOc1ccc(N)cc1C. The van der Waals surface area contributed by atoms with Crippen LogP contribution in [0.15, 0.2) is 18.2 Å². The smallest absolute Gasteiger partial charge is 0.122 e. The highest BCUT2D eigenvalue weighted by atomic mass is 16.5. The van der Waals surface area contributed by atoms with Crippen LogP contribution in [0.1, 0.15) is 57.4 Å². The Bertz CT molecular complexity index is 336. The molecule has 0 unspecified atom stereocenters. The molecule has 0 aliphatic heterocycles. The molecule has 1 rings (SSSR count). The Hall–Kier alpha value is -1.18. The molecule has 1 aromatic carbocycles. The first-order chi connectivity index (χ1) is 8.74. The summed E-state index contributed by atoms with van der Waals surface area (Å²) >= 11 is 0. The summed E-state index contributed by atoms with van der Waals surface area (Å²) in [5.74, 6) is 0.968. The van der Waals surface area contributed by atoms with E-state index >= 15 is 0 Å². The number of hydrogen-bond acceptors (Lipinski definition) is 2. The van der Waals surface area contributed by atoms with E-state index in [1.54, 1.807) is 0 Å². The lowest BCUT2D eigenvalue weighted by Gasteiger charge is -2.09. The van der Waals surface area contributed by atoms with Crippen LogP contribution in [-0.4, -0.2) is 6.61 Å². The van der Waals surface area contributed by atoms with Gasteiger partial charge in [-0.3, -0.25) is 0 Å². The second kappa shape index (κ2) is 8.84. The fourth-order valence-electron chi connectivity index (χ4n) is 2.08. The van der Waals surface area contributed by atoms with Gasteiger partial charge in [0.05, 0.1) is 6.61 Å². The predicted molar refractivity (Wildman–Crippen MR) is 79.1 cm³/mol. The molecular formula is C16H27NO. The third-order valence-corrected chi connectivity index (χ3v) is 3.20. The maximum Gasteiger partial charge on any atom is 0.122 e. The number of rotatable bonds is 9. The van der Waals surface area contributed by atoms with Gasteiger partial charge in [-0.05, 0) is 37.1 Å². The van der Waals surface area contributed by atoms with E-state index in [9.17, 15) is 0 Å². The Morgan fingerprint density at radius 3 is 2.33 bits per heavy atom. The fourth-order valence-corrected chi connectivity index (χ4v) is 2.08. The molecule has 0 heterocycles. The van der Waals surface area contributed by atoms with Crippen LogP contribution in [0.25, 0.3) is 0 Å². The van der Waals surface area contributed by atoms with Crippen LogP contribution in [0, 0.1) is 6.92 Å². The molecular weight excluding hydrogens is 222 g/mol. The Balaban J connectivity index is 2.07. The third-order valence-electron chi connectivity index (χ3n) is 3.20. The number of anilines is 1. The first kappa shape index (κ1) is 14.9. The Kier molecular flexibility index (Phi) is 7.31. The first-order valence-corrected chi connectivity index (χ1v) is 7.23. The minimum Gasteiger partial charge on any atom is -0.493 e. The summed E-state index contributed by atoms with van der Waals surface area (Å²) in [6, 6.07) is 5.82. The Morgan fingerprint density at radius 1 is 1.00 bits per heavy atom. The summed E-state index contributed by atoms with van der Waals surface area (Å²) < 4.78 is 5.76. The molecule has 2 heteroatoms. The lowest BCUT2D eigenvalue weighted by Crippen LogP contribution is -1.99. The van der Waals surface area contributed by atoms with Crippen LogP contribution in [0.2, 0.25) is 0 Å². The Morgan fingerprint density at radius 2 is 1.67 bits per heavy atom. The van der Waals surface area contributed by atoms with Gasteiger partial charge in [0, 0.05) is 5.69 Å². The summed E-state index contributed by atoms with van der Waals surface area (Å²) in [7, 11) is 0. The van der Waals surface area contributed by atoms with Crippen LogP contribution >= 0.6 is 0 Å². The molecule has 0 aliphatic carbocycles. The second-order valence-corrected chi connectivity index (χ2v) is 4.99. The van der Waals surface area contributed by atoms with Crippen molar-refractivity contribution in [3.05, 3.63) is 23.8 Å². The number of unbranched alkanes of at least 4 members (excludes halogenated alkanes) is 6. The van der Waals surface area contributed by atoms with Gasteiger partial charge in [0.1, 0.15) is 5.75 Å². The fraction of sp³-hybridized carbons (Fsp3) is 0.625. The van der Waals surface area contributed by atoms with Gasteiger partial charge in [0.15, 0.2) is 0 Å². The largest absolute Gasteiger partial charge is 0.493 e. The molecule has 0 saturated heterocycles. The molecule has 0 aromatic heterocycles. The van der Waals surface area contributed by atoms with Gasteiger partial charge >= 0.3 is 0 Å². The maximum atomic E-state index is 5.76. The van der Waals surface area contributed by atoms with Gasteiger partial charge in [-0.15, -0.1) is 0 Å². The molecule has 0 saturated carbocycles. The molecule has 2 nitrogen and oxygen atoms in total. The highest BCUT2D eigenvalue weighted by Gasteiger charge is 1.99. The summed E-state index contributed by atoms with van der Waals surface area (Å²) in [6.45, 7) is 5.11. The van der Waals surface area contributed by atoms with E-state index in [2.05, 4.69) is 6.92 Å². The standard InChI is InChI=1S/C16H27NO/c1-3-4-5-6-7-8-9-12-18-16-11-10-15(17)13-14(16)2/h10-11,13H,3-9,12,17H2,1-2H3. The minimum absolute atomic E-state index is 0.802. The van der Waals surface area contributed by atoms with Crippen molar-refractivity contribution in [1.82, 2.24) is 0 Å². The van der Waals surface area contributed by atoms with Crippen molar-refractivity contribution in [2.24, 2.45) is 0 Å². The molecule has 102 valence electrons. The van der Waals surface area contributed by atoms with E-state index < -0.39 is 0 Å². The molecule has 0 fully saturated rings. The maximum absolute atomic E-state index is 5.76. The summed E-state index contributed by atoms with van der Waals surface area (Å²) in [6.07, 6.45) is 9.21. The quantitative estimate of drug-likeness (QED) is 0.508. The molecule has 0 aliphatic rings. The number of aryl methyl sites for hydroxylation is 1. The summed E-state index contributed by atoms with van der Waals surface area (Å²) in [5, 5.41) is 0. The van der Waals surface area contributed by atoms with E-state index in [-0.39, 0.29) is 0 Å². The van der Waals surface area contributed by atoms with Gasteiger partial charge in [-0.2, -0.15) is 0 Å². The third kappa shape index (κ3) is 5.95. The number of hydrogen-bond donors (Lipinski definition) is 1. The second-order valence-electron chi connectivity index (χ2n) is 4.99. The number of ether oxygens (including phenoxy) is 1. The van der Waals surface area contributed by atoms with Crippen molar-refractivity contribution < 1.29 is 4.74 Å². The summed E-state index contributed by atoms with van der Waals surface area (Å²) in [4.78, 5) is 0. The van der Waals surface area contributed by atoms with E-state index in [0.29, 0.717) is 0 Å². The van der Waals surface area contributed by atoms with Crippen LogP contribution in [0.3, 0.4) is 0 Å². The van der Waals surface area contributed by atoms with Crippen molar-refractivity contribution in [2.75, 3.05) is 12.3 Å². The molecule has 0 radical (unpaired) electrons. The number of benzene rings is 1. The molecule has 0 bridgehead atoms. The van der Waals surface area contributed by atoms with Crippen LogP contribution in [0.4, 0.5) is 5.69 Å². The van der Waals surface area contributed by atoms with Crippen molar-refractivity contribution in [2.45, 2.75) is 58.8 Å². The van der Waals surface area contributed by atoms with Gasteiger partial charge < -0.3 is 10.5 Å². The van der Waals surface area contributed by atoms with Crippen molar-refractivity contribution >= 4 is 5.69 Å². The highest BCUT2D eigenvalue weighted by Crippen LogP contribution is 2.20. The minimum atomic E-state index is 0.802. The summed E-state index contributed by atoms with van der Waals surface area (Å²) in [5.41, 5.74) is 7.63. The molecule has 1 aromatic rings. The highest BCUT2D eigenvalue weighted by molar-refractivity contribution is 5.47. The van der Waals surface area contributed by atoms with E-state index in [4.69, 9.17) is 10.5 Å². The van der Waals surface area contributed by atoms with E-state index in [0.717, 1.165) is 30.0 Å². The van der Waals surface area contributed by atoms with Gasteiger partial charge in [0.25, 0.3) is 0 Å². The average Bonchev–Trinajstić information content (AvgIpc) is 2.35. The molecule has 0 amide bonds. The van der Waals surface area contributed by atoms with E-state index in [1.807, 2.05) is 25.1 Å². The normalized spacial score (nSPS) is 10.6.